The highest BCUT2D eigenvalue weighted by Crippen LogP contribution is 2.15. The maximum Gasteiger partial charge on any atom is 0.245 e. The van der Waals surface area contributed by atoms with Gasteiger partial charge in [-0.25, -0.2) is 4.98 Å². The standard InChI is InChI=1S/C11H15N3O2S/c1-3-8-11(16)14(5-9(15)13-8)6-10-12-4-7(2)17-10/h4,8H,3,5-6H2,1-2H3,(H,13,15). The molecule has 1 aromatic heterocycles. The van der Waals surface area contributed by atoms with E-state index < -0.39 is 0 Å². The Morgan fingerprint density at radius 1 is 1.59 bits per heavy atom. The van der Waals surface area contributed by atoms with Gasteiger partial charge in [-0.3, -0.25) is 9.59 Å². The highest BCUT2D eigenvalue weighted by molar-refractivity contribution is 7.11. The molecule has 1 atom stereocenters. The zero-order valence-electron chi connectivity index (χ0n) is 9.90. The van der Waals surface area contributed by atoms with Crippen LogP contribution in [-0.2, 0) is 16.1 Å². The Morgan fingerprint density at radius 3 is 2.94 bits per heavy atom. The zero-order valence-corrected chi connectivity index (χ0v) is 10.7. The number of hydrogen-bond acceptors (Lipinski definition) is 4. The SMILES string of the molecule is CCC1NC(=O)CN(Cc2ncc(C)s2)C1=O. The number of amides is 2. The molecule has 1 N–H and O–H groups in total. The number of nitrogens with zero attached hydrogens (tertiary/aromatic N) is 2. The molecule has 0 spiro atoms. The van der Waals surface area contributed by atoms with Gasteiger partial charge in [-0.2, -0.15) is 0 Å². The number of carbonyl (C=O) groups excluding carboxylic acids is 2. The van der Waals surface area contributed by atoms with Gasteiger partial charge in [0.15, 0.2) is 0 Å². The van der Waals surface area contributed by atoms with Gasteiger partial charge in [0.1, 0.15) is 17.6 Å². The van der Waals surface area contributed by atoms with E-state index in [2.05, 4.69) is 10.3 Å². The summed E-state index contributed by atoms with van der Waals surface area (Å²) in [5.74, 6) is -0.107. The van der Waals surface area contributed by atoms with Gasteiger partial charge in [-0.15, -0.1) is 11.3 Å². The summed E-state index contributed by atoms with van der Waals surface area (Å²) in [4.78, 5) is 30.4. The van der Waals surface area contributed by atoms with Gasteiger partial charge in [0.25, 0.3) is 0 Å². The maximum absolute atomic E-state index is 12.0. The lowest BCUT2D eigenvalue weighted by atomic mass is 10.1. The lowest BCUT2D eigenvalue weighted by Crippen LogP contribution is -2.57. The van der Waals surface area contributed by atoms with Gasteiger partial charge in [0, 0.05) is 11.1 Å². The Morgan fingerprint density at radius 2 is 2.35 bits per heavy atom. The fourth-order valence-corrected chi connectivity index (χ4v) is 2.62. The molecule has 1 aliphatic rings. The summed E-state index contributed by atoms with van der Waals surface area (Å²) in [7, 11) is 0. The number of nitrogens with one attached hydrogen (secondary N) is 1. The number of hydrogen-bond donors (Lipinski definition) is 1. The summed E-state index contributed by atoms with van der Waals surface area (Å²) in [6.45, 7) is 4.43. The third-order valence-electron chi connectivity index (χ3n) is 2.68. The van der Waals surface area contributed by atoms with Gasteiger partial charge in [0.2, 0.25) is 11.8 Å². The molecular weight excluding hydrogens is 238 g/mol. The number of thiazole rings is 1. The van der Waals surface area contributed by atoms with Crippen molar-refractivity contribution < 1.29 is 9.59 Å². The number of aryl methyl sites for hydroxylation is 1. The lowest BCUT2D eigenvalue weighted by Gasteiger charge is -2.31. The highest BCUT2D eigenvalue weighted by atomic mass is 32.1. The van der Waals surface area contributed by atoms with E-state index in [1.54, 1.807) is 22.4 Å². The molecule has 2 amide bonds. The predicted octanol–water partition coefficient (Wildman–Crippen LogP) is 0.689. The maximum atomic E-state index is 12.0. The fraction of sp³-hybridized carbons (Fsp3) is 0.545. The lowest BCUT2D eigenvalue weighted by molar-refractivity contribution is -0.144. The van der Waals surface area contributed by atoms with Crippen LogP contribution >= 0.6 is 11.3 Å². The number of piperazine rings is 1. The van der Waals surface area contributed by atoms with Crippen molar-refractivity contribution in [2.45, 2.75) is 32.9 Å². The van der Waals surface area contributed by atoms with Crippen LogP contribution in [0.1, 0.15) is 23.2 Å². The Bertz CT molecular complexity index is 444. The molecule has 0 aromatic carbocycles. The van der Waals surface area contributed by atoms with E-state index in [9.17, 15) is 9.59 Å². The molecule has 0 radical (unpaired) electrons. The van der Waals surface area contributed by atoms with E-state index in [0.29, 0.717) is 13.0 Å². The summed E-state index contributed by atoms with van der Waals surface area (Å²) in [6.07, 6.45) is 2.41. The second kappa shape index (κ2) is 4.83. The monoisotopic (exact) mass is 253 g/mol. The smallest absolute Gasteiger partial charge is 0.245 e. The van der Waals surface area contributed by atoms with Crippen LogP contribution in [-0.4, -0.2) is 34.3 Å². The highest BCUT2D eigenvalue weighted by Gasteiger charge is 2.31. The summed E-state index contributed by atoms with van der Waals surface area (Å²) in [6, 6.07) is -0.377. The molecule has 92 valence electrons. The van der Waals surface area contributed by atoms with Gasteiger partial charge < -0.3 is 10.2 Å². The van der Waals surface area contributed by atoms with Crippen LogP contribution < -0.4 is 5.32 Å². The Hall–Kier alpha value is -1.43. The quantitative estimate of drug-likeness (QED) is 0.862. The van der Waals surface area contributed by atoms with E-state index in [1.165, 1.54) is 0 Å². The van der Waals surface area contributed by atoms with Crippen molar-refractivity contribution >= 4 is 23.2 Å². The Labute approximate surface area is 104 Å². The van der Waals surface area contributed by atoms with Crippen LogP contribution in [0.3, 0.4) is 0 Å². The zero-order chi connectivity index (χ0) is 12.4. The molecule has 1 fully saturated rings. The van der Waals surface area contributed by atoms with Crippen molar-refractivity contribution in [3.63, 3.8) is 0 Å². The molecule has 2 heterocycles. The van der Waals surface area contributed by atoms with Gasteiger partial charge in [-0.1, -0.05) is 6.92 Å². The molecule has 1 unspecified atom stereocenters. The first kappa shape index (κ1) is 12.0. The van der Waals surface area contributed by atoms with Crippen molar-refractivity contribution in [2.24, 2.45) is 0 Å². The van der Waals surface area contributed by atoms with Crippen LogP contribution in [0.25, 0.3) is 0 Å². The molecule has 1 aliphatic heterocycles. The first-order valence-corrected chi connectivity index (χ1v) is 6.41. The Kier molecular flexibility index (Phi) is 3.42. The van der Waals surface area contributed by atoms with Gasteiger partial charge in [0.05, 0.1) is 6.54 Å². The molecule has 0 aliphatic carbocycles. The van der Waals surface area contributed by atoms with E-state index in [0.717, 1.165) is 9.88 Å². The number of rotatable bonds is 3. The first-order valence-electron chi connectivity index (χ1n) is 5.59. The van der Waals surface area contributed by atoms with Crippen molar-refractivity contribution in [1.82, 2.24) is 15.2 Å². The van der Waals surface area contributed by atoms with Crippen LogP contribution in [0.4, 0.5) is 0 Å². The summed E-state index contributed by atoms with van der Waals surface area (Å²) in [5.41, 5.74) is 0. The fourth-order valence-electron chi connectivity index (χ4n) is 1.82. The molecule has 0 saturated carbocycles. The molecule has 2 rings (SSSR count). The topological polar surface area (TPSA) is 62.3 Å². The largest absolute Gasteiger partial charge is 0.343 e. The molecule has 0 bridgehead atoms. The minimum absolute atomic E-state index is 0.0139. The van der Waals surface area contributed by atoms with Crippen LogP contribution in [0.5, 0.6) is 0 Å². The number of carbonyl (C=O) groups is 2. The first-order chi connectivity index (χ1) is 8.10. The third-order valence-corrected chi connectivity index (χ3v) is 3.58. The van der Waals surface area contributed by atoms with Gasteiger partial charge in [-0.05, 0) is 13.3 Å². The van der Waals surface area contributed by atoms with Crippen molar-refractivity contribution in [3.8, 4) is 0 Å². The minimum Gasteiger partial charge on any atom is -0.343 e. The molecule has 1 aromatic rings. The second-order valence-electron chi connectivity index (χ2n) is 4.09. The molecule has 1 saturated heterocycles. The Balaban J connectivity index is 2.09. The van der Waals surface area contributed by atoms with E-state index in [4.69, 9.17) is 0 Å². The average Bonchev–Trinajstić information content (AvgIpc) is 2.69. The summed E-state index contributed by atoms with van der Waals surface area (Å²) < 4.78 is 0. The minimum atomic E-state index is -0.377. The van der Waals surface area contributed by atoms with Crippen LogP contribution in [0.15, 0.2) is 6.20 Å². The molecule has 6 heteroatoms. The average molecular weight is 253 g/mol. The van der Waals surface area contributed by atoms with Crippen LogP contribution in [0, 0.1) is 6.92 Å². The van der Waals surface area contributed by atoms with Crippen molar-refractivity contribution in [1.29, 1.82) is 0 Å². The van der Waals surface area contributed by atoms with Crippen molar-refractivity contribution in [2.75, 3.05) is 6.54 Å². The predicted molar refractivity (Wildman–Crippen MR) is 64.5 cm³/mol. The third kappa shape index (κ3) is 2.63. The van der Waals surface area contributed by atoms with E-state index >= 15 is 0 Å². The van der Waals surface area contributed by atoms with E-state index in [-0.39, 0.29) is 24.4 Å². The van der Waals surface area contributed by atoms with Crippen LogP contribution in [0.2, 0.25) is 0 Å². The summed E-state index contributed by atoms with van der Waals surface area (Å²) >= 11 is 1.56. The van der Waals surface area contributed by atoms with E-state index in [1.807, 2.05) is 13.8 Å². The number of aromatic nitrogens is 1. The van der Waals surface area contributed by atoms with Gasteiger partial charge >= 0.3 is 0 Å². The molecular formula is C11H15N3O2S. The molecule has 17 heavy (non-hydrogen) atoms. The van der Waals surface area contributed by atoms with Crippen molar-refractivity contribution in [3.05, 3.63) is 16.1 Å². The summed E-state index contributed by atoms with van der Waals surface area (Å²) in [5, 5.41) is 3.56. The second-order valence-corrected chi connectivity index (χ2v) is 5.41. The normalized spacial score (nSPS) is 20.6. The molecule has 5 nitrogen and oxygen atoms in total.